The van der Waals surface area contributed by atoms with Gasteiger partial charge < -0.3 is 16.0 Å². The monoisotopic (exact) mass is 401 g/mol. The molecule has 0 heterocycles. The first-order valence-electron chi connectivity index (χ1n) is 2.81. The van der Waals surface area contributed by atoms with E-state index in [-0.39, 0.29) is 6.04 Å². The zero-order valence-corrected chi connectivity index (χ0v) is 8.61. The van der Waals surface area contributed by atoms with Crippen molar-refractivity contribution in [2.75, 3.05) is 0 Å². The molecule has 0 radical (unpaired) electrons. The maximum atomic E-state index is 10.4. The molecule has 0 rings (SSSR count). The van der Waals surface area contributed by atoms with Crippen LogP contribution in [0.1, 0.15) is 13.8 Å². The Morgan fingerprint density at radius 3 is 2.18 bits per heavy atom. The SMILES string of the molecule is CC(C)N(N[C-]=O)C(N)=O.[Fm]. The third kappa shape index (κ3) is 3.34. The number of carbonyl (C=O) groups excluding carboxylic acids is 2. The van der Waals surface area contributed by atoms with E-state index in [1.807, 2.05) is 5.43 Å². The minimum atomic E-state index is -0.696. The fourth-order valence-corrected chi connectivity index (χ4v) is 0.488. The number of primary amides is 1. The molecule has 0 aliphatic carbocycles. The van der Waals surface area contributed by atoms with Crippen molar-refractivity contribution in [3.05, 3.63) is 0 Å². The van der Waals surface area contributed by atoms with Crippen molar-refractivity contribution in [3.63, 3.8) is 0 Å². The number of amides is 3. The Bertz CT molecular complexity index is 140. The average molecular weight is 401 g/mol. The van der Waals surface area contributed by atoms with Gasteiger partial charge in [0.15, 0.2) is 0 Å². The van der Waals surface area contributed by atoms with Gasteiger partial charge >= 0.3 is 6.03 Å². The molecular weight excluding hydrogens is 391 g/mol. The third-order valence-electron chi connectivity index (χ3n) is 0.920. The van der Waals surface area contributed by atoms with E-state index in [1.54, 1.807) is 13.8 Å². The maximum Gasteiger partial charge on any atom is 0.331 e. The van der Waals surface area contributed by atoms with Gasteiger partial charge in [-0.1, -0.05) is 0 Å². The van der Waals surface area contributed by atoms with Gasteiger partial charge in [-0.05, 0) is 13.8 Å². The Morgan fingerprint density at radius 1 is 1.64 bits per heavy atom. The van der Waals surface area contributed by atoms with Crippen LogP contribution < -0.4 is 11.2 Å². The van der Waals surface area contributed by atoms with E-state index in [1.165, 1.54) is 6.41 Å². The van der Waals surface area contributed by atoms with Gasteiger partial charge in [-0.3, -0.25) is 5.01 Å². The van der Waals surface area contributed by atoms with Crippen LogP contribution in [0, 0.1) is 0 Å². The quantitative estimate of drug-likeness (QED) is 0.375. The summed E-state index contributed by atoms with van der Waals surface area (Å²) < 4.78 is 0. The molecule has 5 nitrogen and oxygen atoms in total. The summed E-state index contributed by atoms with van der Waals surface area (Å²) in [7, 11) is 0. The smallest absolute Gasteiger partial charge is 0.331 e. The van der Waals surface area contributed by atoms with Gasteiger partial charge in [0, 0.05) is 6.04 Å². The van der Waals surface area contributed by atoms with Gasteiger partial charge in [-0.15, -0.1) is 6.41 Å². The maximum absolute atomic E-state index is 10.4. The fraction of sp³-hybridized carbons (Fsp3) is 0.600. The number of hydrogen-bond donors (Lipinski definition) is 2. The predicted octanol–water partition coefficient (Wildman–Crippen LogP) is -0.653. The topological polar surface area (TPSA) is 75.4 Å². The predicted molar refractivity (Wildman–Crippen MR) is 35.4 cm³/mol. The third-order valence-corrected chi connectivity index (χ3v) is 0.920. The molecule has 0 atom stereocenters. The molecule has 0 aliphatic rings. The Morgan fingerprint density at radius 2 is 2.09 bits per heavy atom. The summed E-state index contributed by atoms with van der Waals surface area (Å²) in [4.78, 5) is 20.2. The molecule has 0 bridgehead atoms. The van der Waals surface area contributed by atoms with Crippen LogP contribution in [0.4, 0.5) is 4.79 Å². The Balaban J connectivity index is 0. The minimum absolute atomic E-state index is 0. The van der Waals surface area contributed by atoms with Gasteiger partial charge in [0.2, 0.25) is 0 Å². The molecule has 0 spiro atoms. The minimum Gasteiger partial charge on any atom is -0.518 e. The van der Waals surface area contributed by atoms with Crippen LogP contribution in [0.25, 0.3) is 0 Å². The van der Waals surface area contributed by atoms with Gasteiger partial charge in [0.1, 0.15) is 0 Å². The van der Waals surface area contributed by atoms with E-state index < -0.39 is 6.03 Å². The Kier molecular flexibility index (Phi) is 4.82. The van der Waals surface area contributed by atoms with Gasteiger partial charge in [0.05, 0.1) is 0 Å². The molecule has 0 aromatic rings. The van der Waals surface area contributed by atoms with Crippen molar-refractivity contribution in [2.45, 2.75) is 19.9 Å². The van der Waals surface area contributed by atoms with Crippen LogP contribution in [0.3, 0.4) is 0 Å². The number of nitrogens with one attached hydrogen (secondary N) is 1. The molecule has 0 saturated carbocycles. The van der Waals surface area contributed by atoms with Crippen LogP contribution in [0.2, 0.25) is 0 Å². The Hall–Kier alpha value is -2.26. The first kappa shape index (κ1) is 11.5. The van der Waals surface area contributed by atoms with Crippen LogP contribution in [0.15, 0.2) is 0 Å². The summed E-state index contributed by atoms with van der Waals surface area (Å²) in [5.74, 6) is 0. The normalized spacial score (nSPS) is 8.27. The molecule has 0 aromatic carbocycles. The van der Waals surface area contributed by atoms with Gasteiger partial charge in [0.25, 0.3) is 0 Å². The average Bonchev–Trinajstić information content (AvgIpc) is 1.81. The second kappa shape index (κ2) is 4.60. The zero-order chi connectivity index (χ0) is 8.15. The Labute approximate surface area is 59.1 Å². The number of nitrogens with two attached hydrogens (primary N) is 1. The van der Waals surface area contributed by atoms with E-state index in [0.717, 1.165) is 5.01 Å². The van der Waals surface area contributed by atoms with Crippen molar-refractivity contribution in [1.82, 2.24) is 10.4 Å². The number of hydrazine groups is 1. The molecule has 0 aromatic heterocycles. The van der Waals surface area contributed by atoms with E-state index >= 15 is 0 Å². The first-order valence-corrected chi connectivity index (χ1v) is 2.81. The van der Waals surface area contributed by atoms with E-state index in [9.17, 15) is 9.59 Å². The molecule has 0 fully saturated rings. The first-order chi connectivity index (χ1) is 4.59. The molecule has 70 valence electrons. The van der Waals surface area contributed by atoms with Gasteiger partial charge in [-0.25, -0.2) is 4.79 Å². The summed E-state index contributed by atoms with van der Waals surface area (Å²) in [6.45, 7) is 3.43. The van der Waals surface area contributed by atoms with Crippen LogP contribution >= 0.6 is 0 Å². The molecule has 0 unspecified atom stereocenters. The number of urea groups is 1. The van der Waals surface area contributed by atoms with Crippen molar-refractivity contribution >= 4 is 12.4 Å². The fourth-order valence-electron chi connectivity index (χ4n) is 0.488. The molecule has 11 heavy (non-hydrogen) atoms. The van der Waals surface area contributed by atoms with Crippen molar-refractivity contribution < 1.29 is 9.59 Å². The van der Waals surface area contributed by atoms with Crippen LogP contribution in [-0.4, -0.2) is 23.5 Å². The molecular formula is C5H10FmN3O2-. The van der Waals surface area contributed by atoms with Crippen LogP contribution in [-0.2, 0) is 4.79 Å². The summed E-state index contributed by atoms with van der Waals surface area (Å²) in [6.07, 6.45) is 1.36. The molecule has 6 heteroatoms. The van der Waals surface area contributed by atoms with E-state index in [4.69, 9.17) is 5.73 Å². The van der Waals surface area contributed by atoms with Crippen molar-refractivity contribution in [2.24, 2.45) is 5.73 Å². The van der Waals surface area contributed by atoms with Crippen molar-refractivity contribution in [1.29, 1.82) is 0 Å². The molecule has 3 amide bonds. The molecule has 0 aliphatic heterocycles. The van der Waals surface area contributed by atoms with E-state index in [0.29, 0.717) is 0 Å². The summed E-state index contributed by atoms with van der Waals surface area (Å²) in [5, 5.41) is 0.979. The number of carbonyl (C=O) groups is 1. The zero-order valence-electron chi connectivity index (χ0n) is 6.21. The number of nitrogens with zero attached hydrogens (tertiary/aromatic N) is 1. The second-order valence-electron chi connectivity index (χ2n) is 2.02. The van der Waals surface area contributed by atoms with Crippen molar-refractivity contribution in [3.8, 4) is 0 Å². The van der Waals surface area contributed by atoms with Crippen LogP contribution in [0.5, 0.6) is 0 Å². The number of hydrogen-bond acceptors (Lipinski definition) is 2. The molecule has 3 N–H and O–H groups in total. The van der Waals surface area contributed by atoms with Gasteiger partial charge in [-0.2, -0.15) is 0 Å². The number of rotatable bonds is 3. The van der Waals surface area contributed by atoms with E-state index in [2.05, 4.69) is 0 Å². The largest absolute Gasteiger partial charge is 0.518 e. The summed E-state index contributed by atoms with van der Waals surface area (Å²) >= 11 is 0. The second-order valence-corrected chi connectivity index (χ2v) is 2.02. The summed E-state index contributed by atoms with van der Waals surface area (Å²) in [6, 6.07) is -0.850. The summed E-state index contributed by atoms with van der Waals surface area (Å²) in [5.41, 5.74) is 6.90. The molecule has 0 saturated heterocycles. The standard InChI is InChI=1S/C5H10N3O2.Fm/c1-4(2)8(5(6)10)7-3-9;/h4H,1-2H3,(H2,6,10)(H,7,9);/q-1;.